The third kappa shape index (κ3) is 1.65. The molecule has 8 heteroatoms. The van der Waals surface area contributed by atoms with E-state index in [0.29, 0.717) is 10.9 Å². The van der Waals surface area contributed by atoms with Crippen molar-refractivity contribution in [2.45, 2.75) is 0 Å². The number of hydrogen-bond acceptors (Lipinski definition) is 6. The summed E-state index contributed by atoms with van der Waals surface area (Å²) in [7, 11) is 1.77. The van der Waals surface area contributed by atoms with Gasteiger partial charge in [-0.1, -0.05) is 12.6 Å². The molecule has 1 amide bonds. The Bertz CT molecular complexity index is 402. The zero-order valence-corrected chi connectivity index (χ0v) is 8.58. The number of nitrogens with one attached hydrogen (secondary N) is 2. The summed E-state index contributed by atoms with van der Waals surface area (Å²) >= 11 is 5.04. The zero-order chi connectivity index (χ0) is 11.0. The second-order valence-corrected chi connectivity index (χ2v) is 3.37. The predicted molar refractivity (Wildman–Crippen MR) is 53.9 cm³/mol. The predicted octanol–water partition coefficient (Wildman–Crippen LogP) is -0.549. The zero-order valence-electron chi connectivity index (χ0n) is 7.76. The number of hydrogen-bond donors (Lipinski definition) is 3. The first-order valence-corrected chi connectivity index (χ1v) is 4.45. The minimum atomic E-state index is -0.688. The van der Waals surface area contributed by atoms with Crippen LogP contribution >= 0.6 is 12.6 Å². The molecule has 2 aliphatic rings. The molecule has 0 bridgehead atoms. The van der Waals surface area contributed by atoms with Gasteiger partial charge in [0.05, 0.1) is 6.20 Å². The monoisotopic (exact) mass is 226 g/mol. The molecule has 0 aromatic heterocycles. The van der Waals surface area contributed by atoms with E-state index in [1.807, 2.05) is 0 Å². The van der Waals surface area contributed by atoms with Crippen molar-refractivity contribution in [2.75, 3.05) is 7.05 Å². The van der Waals surface area contributed by atoms with Gasteiger partial charge in [0, 0.05) is 13.1 Å². The van der Waals surface area contributed by atoms with Crippen LogP contribution in [-0.2, 0) is 4.79 Å². The van der Waals surface area contributed by atoms with Crippen molar-refractivity contribution in [1.29, 1.82) is 0 Å². The Kier molecular flexibility index (Phi) is 2.31. The number of carbonyl (C=O) groups is 1. The van der Waals surface area contributed by atoms with E-state index < -0.39 is 5.91 Å². The summed E-state index contributed by atoms with van der Waals surface area (Å²) < 4.78 is 0. The van der Waals surface area contributed by atoms with Crippen LogP contribution in [0.5, 0.6) is 0 Å². The third-order valence-electron chi connectivity index (χ3n) is 1.85. The van der Waals surface area contributed by atoms with Crippen molar-refractivity contribution in [3.05, 3.63) is 23.1 Å². The van der Waals surface area contributed by atoms with Crippen LogP contribution < -0.4 is 11.0 Å². The molecular formula is C7H8N5O2S. The van der Waals surface area contributed by atoms with Crippen molar-refractivity contribution >= 4 is 24.2 Å². The lowest BCUT2D eigenvalue weighted by Crippen LogP contribution is -2.39. The molecule has 1 radical (unpaired) electrons. The first-order chi connectivity index (χ1) is 7.11. The Morgan fingerprint density at radius 2 is 2.47 bits per heavy atom. The van der Waals surface area contributed by atoms with Gasteiger partial charge >= 0.3 is 0 Å². The van der Waals surface area contributed by atoms with Crippen LogP contribution in [0.15, 0.2) is 28.1 Å². The topological polar surface area (TPSA) is 80.2 Å². The average molecular weight is 226 g/mol. The summed E-state index contributed by atoms with van der Waals surface area (Å²) in [5, 5.41) is 12.1. The highest BCUT2D eigenvalue weighted by molar-refractivity contribution is 7.84. The van der Waals surface area contributed by atoms with Gasteiger partial charge < -0.3 is 0 Å². The van der Waals surface area contributed by atoms with E-state index in [4.69, 9.17) is 17.8 Å². The van der Waals surface area contributed by atoms with Crippen molar-refractivity contribution < 1.29 is 10.0 Å². The van der Waals surface area contributed by atoms with Gasteiger partial charge in [-0.3, -0.25) is 15.0 Å². The van der Waals surface area contributed by atoms with E-state index in [-0.39, 0.29) is 5.71 Å². The molecule has 0 saturated heterocycles. The third-order valence-corrected chi connectivity index (χ3v) is 2.15. The second kappa shape index (κ2) is 3.50. The Labute approximate surface area is 91.1 Å². The summed E-state index contributed by atoms with van der Waals surface area (Å²) in [5.74, 6) is -0.184. The highest BCUT2D eigenvalue weighted by Crippen LogP contribution is 2.23. The Morgan fingerprint density at radius 1 is 1.73 bits per heavy atom. The van der Waals surface area contributed by atoms with E-state index in [1.165, 1.54) is 11.6 Å². The summed E-state index contributed by atoms with van der Waals surface area (Å²) in [5.41, 5.74) is 4.46. The SMILES string of the molecule is CN1C=C2N=C(C(=O)NO)C=C([S])N2N1. The van der Waals surface area contributed by atoms with E-state index >= 15 is 0 Å². The van der Waals surface area contributed by atoms with Gasteiger partial charge in [0.15, 0.2) is 5.82 Å². The first kappa shape index (κ1) is 9.90. The lowest BCUT2D eigenvalue weighted by Gasteiger charge is -2.22. The summed E-state index contributed by atoms with van der Waals surface area (Å²) in [4.78, 5) is 15.1. The van der Waals surface area contributed by atoms with Crippen LogP contribution in [-0.4, -0.2) is 33.9 Å². The molecule has 0 aromatic rings. The van der Waals surface area contributed by atoms with Crippen LogP contribution in [0, 0.1) is 0 Å². The molecule has 0 saturated carbocycles. The molecular weight excluding hydrogens is 218 g/mol. The largest absolute Gasteiger partial charge is 0.297 e. The summed E-state index contributed by atoms with van der Waals surface area (Å²) in [6, 6.07) is 0. The molecule has 0 fully saturated rings. The van der Waals surface area contributed by atoms with E-state index in [9.17, 15) is 4.79 Å². The highest BCUT2D eigenvalue weighted by atomic mass is 32.1. The molecule has 3 N–H and O–H groups in total. The van der Waals surface area contributed by atoms with Gasteiger partial charge in [0.1, 0.15) is 10.7 Å². The number of carbonyl (C=O) groups excluding carboxylic acids is 1. The standard InChI is InChI=1S/C7H8N5O2S/c1-11-3-5-8-4(7(13)9-14)2-6(15)12(5)10-11/h2-3,10,14H,1H3,(H,9,13). The fourth-order valence-corrected chi connectivity index (χ4v) is 1.47. The average Bonchev–Trinajstić information content (AvgIpc) is 2.58. The summed E-state index contributed by atoms with van der Waals surface area (Å²) in [6.45, 7) is 0. The highest BCUT2D eigenvalue weighted by Gasteiger charge is 2.26. The first-order valence-electron chi connectivity index (χ1n) is 4.04. The van der Waals surface area contributed by atoms with Crippen LogP contribution in [0.1, 0.15) is 0 Å². The lowest BCUT2D eigenvalue weighted by molar-refractivity contribution is -0.122. The van der Waals surface area contributed by atoms with Crippen molar-refractivity contribution in [3.63, 3.8) is 0 Å². The van der Waals surface area contributed by atoms with Crippen molar-refractivity contribution in [3.8, 4) is 0 Å². The molecule has 2 aliphatic heterocycles. The number of fused-ring (bicyclic) bond motifs is 1. The van der Waals surface area contributed by atoms with Gasteiger partial charge in [-0.05, 0) is 0 Å². The number of nitrogens with zero attached hydrogens (tertiary/aromatic N) is 3. The van der Waals surface area contributed by atoms with Gasteiger partial charge in [0.25, 0.3) is 5.91 Å². The number of aliphatic imine (C=N–C) groups is 1. The van der Waals surface area contributed by atoms with Gasteiger partial charge in [-0.2, -0.15) is 0 Å². The molecule has 2 heterocycles. The minimum Gasteiger partial charge on any atom is -0.297 e. The molecule has 79 valence electrons. The Morgan fingerprint density at radius 3 is 3.13 bits per heavy atom. The van der Waals surface area contributed by atoms with Crippen LogP contribution in [0.2, 0.25) is 0 Å². The molecule has 0 aromatic carbocycles. The fraction of sp³-hybridized carbons (Fsp3) is 0.143. The molecule has 15 heavy (non-hydrogen) atoms. The summed E-state index contributed by atoms with van der Waals surface area (Å²) in [6.07, 6.45) is 3.06. The van der Waals surface area contributed by atoms with Gasteiger partial charge in [-0.25, -0.2) is 15.5 Å². The van der Waals surface area contributed by atoms with E-state index in [0.717, 1.165) is 0 Å². The molecule has 7 nitrogen and oxygen atoms in total. The molecule has 0 unspecified atom stereocenters. The van der Waals surface area contributed by atoms with Gasteiger partial charge in [-0.15, -0.1) is 5.53 Å². The number of amides is 1. The second-order valence-electron chi connectivity index (χ2n) is 2.95. The minimum absolute atomic E-state index is 0.0714. The fourth-order valence-electron chi connectivity index (χ4n) is 1.22. The Hall–Kier alpha value is -1.64. The number of hydroxylamine groups is 1. The van der Waals surface area contributed by atoms with Crippen LogP contribution in [0.3, 0.4) is 0 Å². The molecule has 0 aliphatic carbocycles. The maximum Gasteiger partial charge on any atom is 0.293 e. The lowest BCUT2D eigenvalue weighted by atomic mass is 10.3. The maximum absolute atomic E-state index is 11.1. The molecule has 2 rings (SSSR count). The molecule has 0 spiro atoms. The van der Waals surface area contributed by atoms with Crippen LogP contribution in [0.4, 0.5) is 0 Å². The van der Waals surface area contributed by atoms with E-state index in [1.54, 1.807) is 23.3 Å². The number of rotatable bonds is 1. The number of hydrazine groups is 2. The maximum atomic E-state index is 11.1. The van der Waals surface area contributed by atoms with E-state index in [2.05, 4.69) is 10.5 Å². The van der Waals surface area contributed by atoms with Crippen LogP contribution in [0.25, 0.3) is 0 Å². The normalized spacial score (nSPS) is 19.2. The van der Waals surface area contributed by atoms with Crippen molar-refractivity contribution in [1.82, 2.24) is 21.0 Å². The Balaban J connectivity index is 2.34. The van der Waals surface area contributed by atoms with Crippen molar-refractivity contribution in [2.24, 2.45) is 4.99 Å². The molecule has 0 atom stereocenters. The smallest absolute Gasteiger partial charge is 0.293 e. The van der Waals surface area contributed by atoms with Gasteiger partial charge in [0.2, 0.25) is 0 Å². The quantitative estimate of drug-likeness (QED) is 0.413.